The molecule has 0 saturated heterocycles. The minimum Gasteiger partial charge on any atom is -0.129 e. The summed E-state index contributed by atoms with van der Waals surface area (Å²) >= 11 is 0. The average molecular weight is 236 g/mol. The van der Waals surface area contributed by atoms with Crippen LogP contribution in [0.25, 0.3) is 0 Å². The van der Waals surface area contributed by atoms with Crippen LogP contribution in [0.5, 0.6) is 0 Å². The summed E-state index contributed by atoms with van der Waals surface area (Å²) in [5.74, 6) is 2.41. The van der Waals surface area contributed by atoms with Crippen molar-refractivity contribution in [1.82, 2.24) is 0 Å². The van der Waals surface area contributed by atoms with Crippen molar-refractivity contribution in [3.8, 4) is 0 Å². The molecular weight excluding hydrogens is 204 g/mol. The van der Waals surface area contributed by atoms with Crippen molar-refractivity contribution in [2.45, 2.75) is 73.1 Å². The van der Waals surface area contributed by atoms with Crippen LogP contribution < -0.4 is 0 Å². The van der Waals surface area contributed by atoms with Gasteiger partial charge in [-0.1, -0.05) is 66.7 Å². The van der Waals surface area contributed by atoms with Crippen molar-refractivity contribution in [2.75, 3.05) is 0 Å². The van der Waals surface area contributed by atoms with Gasteiger partial charge in [-0.05, 0) is 36.3 Å². The molecule has 0 aliphatic carbocycles. The van der Waals surface area contributed by atoms with Gasteiger partial charge in [-0.25, -0.2) is 0 Å². The summed E-state index contributed by atoms with van der Waals surface area (Å²) in [5.41, 5.74) is 3.29. The van der Waals surface area contributed by atoms with Crippen LogP contribution in [0.3, 0.4) is 0 Å². The second kappa shape index (κ2) is 10.7. The van der Waals surface area contributed by atoms with E-state index in [0.29, 0.717) is 5.92 Å². The van der Waals surface area contributed by atoms with E-state index in [4.69, 9.17) is 0 Å². The lowest BCUT2D eigenvalue weighted by Gasteiger charge is -2.17. The van der Waals surface area contributed by atoms with E-state index in [1.54, 1.807) is 0 Å². The third-order valence-electron chi connectivity index (χ3n) is 4.01. The van der Waals surface area contributed by atoms with Crippen LogP contribution >= 0.6 is 0 Å². The minimum absolute atomic E-state index is 0.666. The predicted molar refractivity (Wildman–Crippen MR) is 79.2 cm³/mol. The zero-order chi connectivity index (χ0) is 13.1. The van der Waals surface area contributed by atoms with Crippen LogP contribution in [-0.2, 0) is 0 Å². The molecule has 0 nitrogen and oxygen atoms in total. The van der Waals surface area contributed by atoms with E-state index in [1.807, 2.05) is 0 Å². The molecule has 0 aromatic rings. The highest BCUT2D eigenvalue weighted by atomic mass is 14.2. The Bertz CT molecular complexity index is 216. The van der Waals surface area contributed by atoms with Gasteiger partial charge in [0.05, 0.1) is 0 Å². The topological polar surface area (TPSA) is 0 Å². The summed E-state index contributed by atoms with van der Waals surface area (Å²) < 4.78 is 0. The van der Waals surface area contributed by atoms with E-state index in [1.165, 1.54) is 32.1 Å². The van der Waals surface area contributed by atoms with Gasteiger partial charge < -0.3 is 0 Å². The summed E-state index contributed by atoms with van der Waals surface area (Å²) in [6.45, 7) is 11.5. The van der Waals surface area contributed by atoms with Gasteiger partial charge in [0.2, 0.25) is 0 Å². The Balaban J connectivity index is 3.85. The van der Waals surface area contributed by atoms with E-state index in [9.17, 15) is 0 Å². The molecule has 0 aromatic heterocycles. The molecule has 0 fully saturated rings. The van der Waals surface area contributed by atoms with Gasteiger partial charge >= 0.3 is 0 Å². The highest BCUT2D eigenvalue weighted by molar-refractivity contribution is 4.89. The zero-order valence-corrected chi connectivity index (χ0v) is 12.6. The summed E-state index contributed by atoms with van der Waals surface area (Å²) in [6, 6.07) is 0. The van der Waals surface area contributed by atoms with E-state index in [0.717, 1.165) is 18.3 Å². The molecule has 0 rings (SSSR count). The summed E-state index contributed by atoms with van der Waals surface area (Å²) in [7, 11) is 0. The monoisotopic (exact) mass is 236 g/mol. The first-order valence-electron chi connectivity index (χ1n) is 7.56. The lowest BCUT2D eigenvalue weighted by atomic mass is 9.88. The molecule has 0 radical (unpaired) electrons. The van der Waals surface area contributed by atoms with E-state index < -0.39 is 0 Å². The van der Waals surface area contributed by atoms with Crippen LogP contribution in [0.2, 0.25) is 0 Å². The van der Waals surface area contributed by atoms with Gasteiger partial charge in [0, 0.05) is 0 Å². The van der Waals surface area contributed by atoms with Crippen molar-refractivity contribution in [3.63, 3.8) is 0 Å². The van der Waals surface area contributed by atoms with Crippen LogP contribution in [0.4, 0.5) is 0 Å². The Morgan fingerprint density at radius 2 is 1.65 bits per heavy atom. The number of allylic oxidation sites excluding steroid dienone is 1. The average Bonchev–Trinajstić information content (AvgIpc) is 2.34. The molecule has 100 valence electrons. The minimum atomic E-state index is 0.666. The molecule has 0 bridgehead atoms. The summed E-state index contributed by atoms with van der Waals surface area (Å²) in [4.78, 5) is 0. The van der Waals surface area contributed by atoms with Crippen molar-refractivity contribution in [2.24, 2.45) is 17.8 Å². The molecule has 0 aliphatic rings. The molecular formula is C17H32. The fourth-order valence-corrected chi connectivity index (χ4v) is 2.19. The molecule has 0 saturated carbocycles. The van der Waals surface area contributed by atoms with Gasteiger partial charge in [-0.3, -0.25) is 0 Å². The number of hydrogen-bond acceptors (Lipinski definition) is 0. The highest BCUT2D eigenvalue weighted by Gasteiger charge is 2.10. The first-order valence-corrected chi connectivity index (χ1v) is 7.56. The zero-order valence-electron chi connectivity index (χ0n) is 12.6. The normalized spacial score (nSPS) is 14.2. The van der Waals surface area contributed by atoms with Crippen molar-refractivity contribution < 1.29 is 0 Å². The Kier molecular flexibility index (Phi) is 10.4. The lowest BCUT2D eigenvalue weighted by Crippen LogP contribution is -2.06. The fraction of sp³-hybridized carbons (Fsp3) is 0.824. The number of rotatable bonds is 9. The Morgan fingerprint density at radius 1 is 1.00 bits per heavy atom. The summed E-state index contributed by atoms with van der Waals surface area (Å²) in [5, 5.41) is 0. The third kappa shape index (κ3) is 8.27. The molecule has 0 aromatic carbocycles. The molecule has 0 spiro atoms. The molecule has 0 aliphatic heterocycles. The van der Waals surface area contributed by atoms with Crippen LogP contribution in [0.1, 0.15) is 73.1 Å². The van der Waals surface area contributed by atoms with Crippen LogP contribution in [-0.4, -0.2) is 0 Å². The quantitative estimate of drug-likeness (QED) is 0.432. The van der Waals surface area contributed by atoms with Crippen LogP contribution in [0.15, 0.2) is 17.9 Å². The highest BCUT2D eigenvalue weighted by Crippen LogP contribution is 2.22. The van der Waals surface area contributed by atoms with Crippen molar-refractivity contribution in [3.05, 3.63) is 17.9 Å². The van der Waals surface area contributed by atoms with Crippen molar-refractivity contribution >= 4 is 0 Å². The lowest BCUT2D eigenvalue weighted by molar-refractivity contribution is 0.368. The maximum atomic E-state index is 3.29. The molecule has 0 amide bonds. The van der Waals surface area contributed by atoms with Gasteiger partial charge in [-0.2, -0.15) is 0 Å². The molecule has 0 heterocycles. The Morgan fingerprint density at radius 3 is 2.18 bits per heavy atom. The molecule has 2 atom stereocenters. The molecule has 2 unspecified atom stereocenters. The van der Waals surface area contributed by atoms with E-state index in [-0.39, 0.29) is 0 Å². The molecule has 0 heteroatoms. The Hall–Kier alpha value is -0.480. The fourth-order valence-electron chi connectivity index (χ4n) is 2.19. The van der Waals surface area contributed by atoms with Crippen molar-refractivity contribution in [1.29, 1.82) is 0 Å². The van der Waals surface area contributed by atoms with Crippen LogP contribution in [0, 0.1) is 17.8 Å². The van der Waals surface area contributed by atoms with Gasteiger partial charge in [0.25, 0.3) is 0 Å². The molecule has 17 heavy (non-hydrogen) atoms. The maximum absolute atomic E-state index is 3.29. The maximum Gasteiger partial charge on any atom is -0.0160 e. The van der Waals surface area contributed by atoms with E-state index >= 15 is 0 Å². The second-order valence-corrected chi connectivity index (χ2v) is 5.40. The summed E-state index contributed by atoms with van der Waals surface area (Å²) in [6.07, 6.45) is 12.3. The Labute approximate surface area is 109 Å². The predicted octanol–water partition coefficient (Wildman–Crippen LogP) is 5.99. The largest absolute Gasteiger partial charge is 0.129 e. The van der Waals surface area contributed by atoms with Gasteiger partial charge in [-0.15, -0.1) is 5.73 Å². The van der Waals surface area contributed by atoms with Gasteiger partial charge in [0.15, 0.2) is 0 Å². The third-order valence-corrected chi connectivity index (χ3v) is 4.01. The standard InChI is InChI=1S/C17H32/c1-6-9-10-12-15(4)16(5)13-11-14-17(7-2)8-3/h9,12,15-17H,6-8,11,13-14H2,1-5H3. The smallest absolute Gasteiger partial charge is 0.0160 e. The van der Waals surface area contributed by atoms with Gasteiger partial charge in [0.1, 0.15) is 0 Å². The SMILES string of the molecule is CCC=C=CC(C)C(C)CCCC(CC)CC. The second-order valence-electron chi connectivity index (χ2n) is 5.40. The van der Waals surface area contributed by atoms with E-state index in [2.05, 4.69) is 52.5 Å². The molecule has 0 N–H and O–H groups in total. The first-order chi connectivity index (χ1) is 8.15. The number of hydrogen-bond donors (Lipinski definition) is 0. The first kappa shape index (κ1) is 16.5.